The van der Waals surface area contributed by atoms with E-state index >= 15 is 0 Å². The van der Waals surface area contributed by atoms with Crippen LogP contribution in [0.3, 0.4) is 0 Å². The van der Waals surface area contributed by atoms with E-state index in [1.165, 1.54) is 12.1 Å². The highest BCUT2D eigenvalue weighted by atomic mass is 19.4. The molecule has 2 rings (SSSR count). The van der Waals surface area contributed by atoms with Gasteiger partial charge in [0.2, 0.25) is 0 Å². The zero-order chi connectivity index (χ0) is 14.6. The summed E-state index contributed by atoms with van der Waals surface area (Å²) in [4.78, 5) is 11.7. The molecule has 20 heavy (non-hydrogen) atoms. The summed E-state index contributed by atoms with van der Waals surface area (Å²) in [5.41, 5.74) is -0.404. The Hall–Kier alpha value is -1.76. The number of rotatable bonds is 2. The Morgan fingerprint density at radius 3 is 2.50 bits per heavy atom. The largest absolute Gasteiger partial charge is 0.416 e. The van der Waals surface area contributed by atoms with E-state index in [1.54, 1.807) is 0 Å². The van der Waals surface area contributed by atoms with Crippen LogP contribution in [-0.4, -0.2) is 25.2 Å². The lowest BCUT2D eigenvalue weighted by Crippen LogP contribution is -2.47. The SMILES string of the molecule is O=C(Nc1ccc(C(F)(F)F)cc1)N[C@@H]1CCCNC1. The van der Waals surface area contributed by atoms with Crippen molar-refractivity contribution in [3.8, 4) is 0 Å². The van der Waals surface area contributed by atoms with Crippen molar-refractivity contribution < 1.29 is 18.0 Å². The standard InChI is InChI=1S/C13H16F3N3O/c14-13(15,16)9-3-5-10(6-4-9)18-12(20)19-11-2-1-7-17-8-11/h3-6,11,17H,1-2,7-8H2,(H2,18,19,20)/t11-/m1/s1. The van der Waals surface area contributed by atoms with Gasteiger partial charge in [0, 0.05) is 18.3 Å². The highest BCUT2D eigenvalue weighted by molar-refractivity contribution is 5.89. The summed E-state index contributed by atoms with van der Waals surface area (Å²) in [6.07, 6.45) is -2.48. The summed E-state index contributed by atoms with van der Waals surface area (Å²) >= 11 is 0. The van der Waals surface area contributed by atoms with Gasteiger partial charge >= 0.3 is 12.2 Å². The van der Waals surface area contributed by atoms with Crippen LogP contribution in [-0.2, 0) is 6.18 Å². The third kappa shape index (κ3) is 4.12. The molecule has 0 spiro atoms. The first-order chi connectivity index (χ1) is 9.45. The lowest BCUT2D eigenvalue weighted by molar-refractivity contribution is -0.137. The molecule has 110 valence electrons. The molecule has 3 N–H and O–H groups in total. The molecule has 0 bridgehead atoms. The van der Waals surface area contributed by atoms with E-state index in [-0.39, 0.29) is 6.04 Å². The number of halogens is 3. The minimum atomic E-state index is -4.37. The summed E-state index contributed by atoms with van der Waals surface area (Å²) in [5.74, 6) is 0. The molecule has 4 nitrogen and oxygen atoms in total. The van der Waals surface area contributed by atoms with E-state index in [0.717, 1.165) is 31.5 Å². The van der Waals surface area contributed by atoms with Gasteiger partial charge in [-0.2, -0.15) is 13.2 Å². The molecule has 0 unspecified atom stereocenters. The lowest BCUT2D eigenvalue weighted by atomic mass is 10.1. The Labute approximate surface area is 114 Å². The molecule has 2 amide bonds. The zero-order valence-electron chi connectivity index (χ0n) is 10.8. The second kappa shape index (κ2) is 6.13. The Bertz CT molecular complexity index is 453. The van der Waals surface area contributed by atoms with Gasteiger partial charge in [0.25, 0.3) is 0 Å². The fourth-order valence-corrected chi connectivity index (χ4v) is 2.07. The Balaban J connectivity index is 1.87. The molecule has 0 radical (unpaired) electrons. The Morgan fingerprint density at radius 1 is 1.25 bits per heavy atom. The number of amides is 2. The first-order valence-corrected chi connectivity index (χ1v) is 6.40. The highest BCUT2D eigenvalue weighted by Crippen LogP contribution is 2.29. The molecule has 1 saturated heterocycles. The van der Waals surface area contributed by atoms with Crippen molar-refractivity contribution in [2.45, 2.75) is 25.1 Å². The average Bonchev–Trinajstić information content (AvgIpc) is 2.39. The van der Waals surface area contributed by atoms with Crippen LogP contribution in [0, 0.1) is 0 Å². The van der Waals surface area contributed by atoms with Crippen molar-refractivity contribution in [3.63, 3.8) is 0 Å². The molecule has 0 saturated carbocycles. The Morgan fingerprint density at radius 2 is 1.95 bits per heavy atom. The van der Waals surface area contributed by atoms with Crippen LogP contribution < -0.4 is 16.0 Å². The minimum absolute atomic E-state index is 0.0539. The van der Waals surface area contributed by atoms with Gasteiger partial charge in [-0.05, 0) is 43.7 Å². The van der Waals surface area contributed by atoms with Gasteiger partial charge in [-0.1, -0.05) is 0 Å². The molecular formula is C13H16F3N3O. The van der Waals surface area contributed by atoms with Crippen molar-refractivity contribution in [2.24, 2.45) is 0 Å². The van der Waals surface area contributed by atoms with Crippen LogP contribution in [0.5, 0.6) is 0 Å². The molecule has 1 fully saturated rings. The molecule has 1 aliphatic heterocycles. The van der Waals surface area contributed by atoms with Crippen LogP contribution >= 0.6 is 0 Å². The maximum Gasteiger partial charge on any atom is 0.416 e. The average molecular weight is 287 g/mol. The number of urea groups is 1. The number of piperidine rings is 1. The number of nitrogens with one attached hydrogen (secondary N) is 3. The molecule has 1 atom stereocenters. The third-order valence-corrected chi connectivity index (χ3v) is 3.10. The van der Waals surface area contributed by atoms with E-state index in [4.69, 9.17) is 0 Å². The number of carbonyl (C=O) groups excluding carboxylic acids is 1. The van der Waals surface area contributed by atoms with Gasteiger partial charge in [-0.15, -0.1) is 0 Å². The van der Waals surface area contributed by atoms with Crippen molar-refractivity contribution in [1.82, 2.24) is 10.6 Å². The van der Waals surface area contributed by atoms with Crippen LogP contribution in [0.2, 0.25) is 0 Å². The summed E-state index contributed by atoms with van der Waals surface area (Å²) in [7, 11) is 0. The van der Waals surface area contributed by atoms with Crippen LogP contribution in [0.4, 0.5) is 23.7 Å². The van der Waals surface area contributed by atoms with Gasteiger partial charge in [0.15, 0.2) is 0 Å². The predicted octanol–water partition coefficient (Wildman–Crippen LogP) is 2.58. The maximum absolute atomic E-state index is 12.4. The minimum Gasteiger partial charge on any atom is -0.334 e. The molecule has 0 aromatic heterocycles. The van der Waals surface area contributed by atoms with E-state index in [9.17, 15) is 18.0 Å². The van der Waals surface area contributed by atoms with Crippen LogP contribution in [0.15, 0.2) is 24.3 Å². The first kappa shape index (κ1) is 14.6. The molecule has 1 aromatic rings. The van der Waals surface area contributed by atoms with E-state index in [1.807, 2.05) is 0 Å². The summed E-state index contributed by atoms with van der Waals surface area (Å²) < 4.78 is 37.2. The molecule has 1 aromatic carbocycles. The quantitative estimate of drug-likeness (QED) is 0.783. The van der Waals surface area contributed by atoms with Gasteiger partial charge < -0.3 is 16.0 Å². The number of benzene rings is 1. The zero-order valence-corrected chi connectivity index (χ0v) is 10.8. The number of hydrogen-bond acceptors (Lipinski definition) is 2. The number of anilines is 1. The molecule has 7 heteroatoms. The summed E-state index contributed by atoms with van der Waals surface area (Å²) in [6, 6.07) is 4.01. The monoisotopic (exact) mass is 287 g/mol. The van der Waals surface area contributed by atoms with Gasteiger partial charge in [0.1, 0.15) is 0 Å². The number of alkyl halides is 3. The van der Waals surface area contributed by atoms with Crippen molar-refractivity contribution in [3.05, 3.63) is 29.8 Å². The van der Waals surface area contributed by atoms with Gasteiger partial charge in [0.05, 0.1) is 5.56 Å². The molecular weight excluding hydrogens is 271 g/mol. The molecule has 1 aliphatic rings. The normalized spacial score (nSPS) is 19.4. The fourth-order valence-electron chi connectivity index (χ4n) is 2.07. The first-order valence-electron chi connectivity index (χ1n) is 6.40. The summed E-state index contributed by atoms with van der Waals surface area (Å²) in [6.45, 7) is 1.65. The number of carbonyl (C=O) groups is 1. The van der Waals surface area contributed by atoms with Crippen molar-refractivity contribution in [1.29, 1.82) is 0 Å². The van der Waals surface area contributed by atoms with E-state index in [0.29, 0.717) is 12.2 Å². The van der Waals surface area contributed by atoms with Crippen molar-refractivity contribution >= 4 is 11.7 Å². The van der Waals surface area contributed by atoms with E-state index in [2.05, 4.69) is 16.0 Å². The highest BCUT2D eigenvalue weighted by Gasteiger charge is 2.30. The smallest absolute Gasteiger partial charge is 0.334 e. The molecule has 1 heterocycles. The van der Waals surface area contributed by atoms with Crippen LogP contribution in [0.1, 0.15) is 18.4 Å². The van der Waals surface area contributed by atoms with Gasteiger partial charge in [-0.3, -0.25) is 0 Å². The second-order valence-corrected chi connectivity index (χ2v) is 4.72. The predicted molar refractivity (Wildman–Crippen MR) is 69.5 cm³/mol. The van der Waals surface area contributed by atoms with Crippen molar-refractivity contribution in [2.75, 3.05) is 18.4 Å². The van der Waals surface area contributed by atoms with E-state index < -0.39 is 17.8 Å². The fraction of sp³-hybridized carbons (Fsp3) is 0.462. The topological polar surface area (TPSA) is 53.2 Å². The maximum atomic E-state index is 12.4. The Kier molecular flexibility index (Phi) is 4.49. The van der Waals surface area contributed by atoms with Crippen LogP contribution in [0.25, 0.3) is 0 Å². The summed E-state index contributed by atoms with van der Waals surface area (Å²) in [5, 5.41) is 8.46. The second-order valence-electron chi connectivity index (χ2n) is 4.72. The number of hydrogen-bond donors (Lipinski definition) is 3. The van der Waals surface area contributed by atoms with Gasteiger partial charge in [-0.25, -0.2) is 4.79 Å². The third-order valence-electron chi connectivity index (χ3n) is 3.10. The lowest BCUT2D eigenvalue weighted by Gasteiger charge is -2.23. The molecule has 0 aliphatic carbocycles.